The first-order valence-electron chi connectivity index (χ1n) is 6.83. The van der Waals surface area contributed by atoms with E-state index in [9.17, 15) is 4.79 Å². The lowest BCUT2D eigenvalue weighted by atomic mass is 10.2. The second-order valence-corrected chi connectivity index (χ2v) is 4.70. The zero-order valence-corrected chi connectivity index (χ0v) is 13.0. The Balaban J connectivity index is 0.00000242. The molecule has 0 aliphatic heterocycles. The van der Waals surface area contributed by atoms with E-state index in [4.69, 9.17) is 15.2 Å². The van der Waals surface area contributed by atoms with Crippen molar-refractivity contribution in [3.05, 3.63) is 71.8 Å². The number of ether oxygens (including phenoxy) is 2. The van der Waals surface area contributed by atoms with Gasteiger partial charge >= 0.3 is 5.97 Å². The number of esters is 1. The fourth-order valence-corrected chi connectivity index (χ4v) is 1.78. The van der Waals surface area contributed by atoms with Gasteiger partial charge in [0.1, 0.15) is 12.6 Å². The fraction of sp³-hybridized carbons (Fsp3) is 0.235. The summed E-state index contributed by atoms with van der Waals surface area (Å²) in [5, 5.41) is 0. The molecule has 0 radical (unpaired) electrons. The number of nitrogens with two attached hydrogens (primary N) is 1. The van der Waals surface area contributed by atoms with Gasteiger partial charge in [-0.05, 0) is 11.1 Å². The molecule has 2 aromatic carbocycles. The topological polar surface area (TPSA) is 61.5 Å². The largest absolute Gasteiger partial charge is 0.460 e. The molecule has 0 bridgehead atoms. The van der Waals surface area contributed by atoms with E-state index in [1.54, 1.807) is 0 Å². The van der Waals surface area contributed by atoms with Crippen molar-refractivity contribution in [2.75, 3.05) is 6.61 Å². The summed E-state index contributed by atoms with van der Waals surface area (Å²) >= 11 is 0. The minimum atomic E-state index is -0.766. The fourth-order valence-electron chi connectivity index (χ4n) is 1.78. The first kappa shape index (κ1) is 18.2. The average Bonchev–Trinajstić information content (AvgIpc) is 2.54. The maximum Gasteiger partial charge on any atom is 0.325 e. The van der Waals surface area contributed by atoms with Crippen LogP contribution in [0.5, 0.6) is 0 Å². The van der Waals surface area contributed by atoms with Crippen LogP contribution in [0.25, 0.3) is 0 Å². The van der Waals surface area contributed by atoms with Crippen molar-refractivity contribution in [3.8, 4) is 0 Å². The molecule has 0 aromatic heterocycles. The third kappa shape index (κ3) is 6.26. The number of halogens is 1. The molecule has 0 amide bonds. The zero-order valence-electron chi connectivity index (χ0n) is 12.2. The Morgan fingerprint density at radius 2 is 1.41 bits per heavy atom. The maximum absolute atomic E-state index is 11.7. The average molecular weight is 322 g/mol. The van der Waals surface area contributed by atoms with Crippen molar-refractivity contribution in [2.45, 2.75) is 19.3 Å². The summed E-state index contributed by atoms with van der Waals surface area (Å²) in [4.78, 5) is 11.7. The quantitative estimate of drug-likeness (QED) is 0.796. The number of carbonyl (C=O) groups excluding carboxylic acids is 1. The highest BCUT2D eigenvalue weighted by Crippen LogP contribution is 2.03. The van der Waals surface area contributed by atoms with Crippen molar-refractivity contribution in [1.82, 2.24) is 0 Å². The summed E-state index contributed by atoms with van der Waals surface area (Å²) in [6.07, 6.45) is 0. The monoisotopic (exact) mass is 321 g/mol. The van der Waals surface area contributed by atoms with Crippen LogP contribution in [0, 0.1) is 0 Å². The van der Waals surface area contributed by atoms with E-state index >= 15 is 0 Å². The molecule has 5 heteroatoms. The van der Waals surface area contributed by atoms with Crippen molar-refractivity contribution < 1.29 is 14.3 Å². The molecular weight excluding hydrogens is 302 g/mol. The smallest absolute Gasteiger partial charge is 0.325 e. The van der Waals surface area contributed by atoms with Crippen molar-refractivity contribution in [2.24, 2.45) is 5.73 Å². The van der Waals surface area contributed by atoms with Crippen LogP contribution in [-0.4, -0.2) is 18.6 Å². The molecule has 0 spiro atoms. The Morgan fingerprint density at radius 1 is 0.909 bits per heavy atom. The van der Waals surface area contributed by atoms with E-state index in [0.717, 1.165) is 11.1 Å². The maximum atomic E-state index is 11.7. The Kier molecular flexibility index (Phi) is 8.22. The van der Waals surface area contributed by atoms with Gasteiger partial charge in [0.15, 0.2) is 0 Å². The summed E-state index contributed by atoms with van der Waals surface area (Å²) in [5.41, 5.74) is 7.72. The number of hydrogen-bond acceptors (Lipinski definition) is 4. The van der Waals surface area contributed by atoms with E-state index in [2.05, 4.69) is 0 Å². The molecule has 0 saturated carbocycles. The molecule has 0 fully saturated rings. The van der Waals surface area contributed by atoms with Gasteiger partial charge in [-0.15, -0.1) is 12.4 Å². The van der Waals surface area contributed by atoms with Gasteiger partial charge in [0, 0.05) is 0 Å². The second kappa shape index (κ2) is 9.95. The normalized spacial score (nSPS) is 11.3. The van der Waals surface area contributed by atoms with Gasteiger partial charge in [-0.25, -0.2) is 0 Å². The Morgan fingerprint density at radius 3 is 1.95 bits per heavy atom. The van der Waals surface area contributed by atoms with Crippen LogP contribution in [-0.2, 0) is 27.5 Å². The summed E-state index contributed by atoms with van der Waals surface area (Å²) in [7, 11) is 0. The van der Waals surface area contributed by atoms with Gasteiger partial charge in [0.25, 0.3) is 0 Å². The SMILES string of the molecule is Cl.NC(COCc1ccccc1)C(=O)OCc1ccccc1. The molecule has 0 aliphatic carbocycles. The summed E-state index contributed by atoms with van der Waals surface area (Å²) < 4.78 is 10.6. The van der Waals surface area contributed by atoms with E-state index < -0.39 is 12.0 Å². The molecule has 0 saturated heterocycles. The number of rotatable bonds is 7. The standard InChI is InChI=1S/C17H19NO3.ClH/c18-16(13-20-11-14-7-3-1-4-8-14)17(19)21-12-15-9-5-2-6-10-15;/h1-10,16H,11-13,18H2;1H. The van der Waals surface area contributed by atoms with E-state index in [1.165, 1.54) is 0 Å². The number of carbonyl (C=O) groups is 1. The van der Waals surface area contributed by atoms with E-state index in [1.807, 2.05) is 60.7 Å². The molecule has 4 nitrogen and oxygen atoms in total. The van der Waals surface area contributed by atoms with Crippen LogP contribution in [0.15, 0.2) is 60.7 Å². The van der Waals surface area contributed by atoms with Gasteiger partial charge in [-0.1, -0.05) is 60.7 Å². The molecule has 2 rings (SSSR count). The Hall–Kier alpha value is -1.88. The minimum Gasteiger partial charge on any atom is -0.460 e. The van der Waals surface area contributed by atoms with Gasteiger partial charge in [-0.3, -0.25) is 4.79 Å². The van der Waals surface area contributed by atoms with Crippen LogP contribution in [0.4, 0.5) is 0 Å². The molecule has 0 heterocycles. The minimum absolute atomic E-state index is 0. The van der Waals surface area contributed by atoms with Gasteiger partial charge in [0.05, 0.1) is 13.2 Å². The molecule has 1 unspecified atom stereocenters. The van der Waals surface area contributed by atoms with Crippen LogP contribution in [0.1, 0.15) is 11.1 Å². The van der Waals surface area contributed by atoms with Crippen LogP contribution in [0.2, 0.25) is 0 Å². The van der Waals surface area contributed by atoms with E-state index in [-0.39, 0.29) is 25.6 Å². The van der Waals surface area contributed by atoms with Crippen molar-refractivity contribution >= 4 is 18.4 Å². The third-order valence-corrected chi connectivity index (χ3v) is 2.94. The first-order valence-corrected chi connectivity index (χ1v) is 6.83. The van der Waals surface area contributed by atoms with E-state index in [0.29, 0.717) is 6.61 Å². The highest BCUT2D eigenvalue weighted by Gasteiger charge is 2.15. The predicted octanol–water partition coefficient (Wildman–Crippen LogP) is 2.70. The van der Waals surface area contributed by atoms with Crippen LogP contribution in [0.3, 0.4) is 0 Å². The van der Waals surface area contributed by atoms with Crippen LogP contribution >= 0.6 is 12.4 Å². The van der Waals surface area contributed by atoms with Gasteiger partial charge in [0.2, 0.25) is 0 Å². The Bertz CT molecular complexity index is 548. The predicted molar refractivity (Wildman–Crippen MR) is 87.6 cm³/mol. The molecule has 1 atom stereocenters. The first-order chi connectivity index (χ1) is 10.3. The van der Waals surface area contributed by atoms with Crippen molar-refractivity contribution in [1.29, 1.82) is 0 Å². The lowest BCUT2D eigenvalue weighted by Gasteiger charge is -2.12. The Labute approximate surface area is 136 Å². The molecule has 22 heavy (non-hydrogen) atoms. The summed E-state index contributed by atoms with van der Waals surface area (Å²) in [6, 6.07) is 18.5. The summed E-state index contributed by atoms with van der Waals surface area (Å²) in [5.74, 6) is -0.452. The second-order valence-electron chi connectivity index (χ2n) is 4.70. The van der Waals surface area contributed by atoms with Crippen molar-refractivity contribution in [3.63, 3.8) is 0 Å². The molecular formula is C17H20ClNO3. The molecule has 2 N–H and O–H groups in total. The third-order valence-electron chi connectivity index (χ3n) is 2.94. The van der Waals surface area contributed by atoms with Gasteiger partial charge < -0.3 is 15.2 Å². The number of hydrogen-bond donors (Lipinski definition) is 1. The highest BCUT2D eigenvalue weighted by atomic mass is 35.5. The lowest BCUT2D eigenvalue weighted by Crippen LogP contribution is -2.36. The summed E-state index contributed by atoms with van der Waals surface area (Å²) in [6.45, 7) is 0.801. The highest BCUT2D eigenvalue weighted by molar-refractivity contribution is 5.85. The van der Waals surface area contributed by atoms with Crippen LogP contribution < -0.4 is 5.73 Å². The molecule has 2 aromatic rings. The lowest BCUT2D eigenvalue weighted by molar-refractivity contribution is -0.148. The molecule has 0 aliphatic rings. The van der Waals surface area contributed by atoms with Gasteiger partial charge in [-0.2, -0.15) is 0 Å². The number of benzene rings is 2. The zero-order chi connectivity index (χ0) is 14.9. The molecule has 118 valence electrons.